The van der Waals surface area contributed by atoms with Crippen LogP contribution in [0.1, 0.15) is 386 Å². The molecular formula is C66H129NO3. The minimum Gasteiger partial charge on any atom is -0.394 e. The van der Waals surface area contributed by atoms with Gasteiger partial charge in [0.2, 0.25) is 5.91 Å². The lowest BCUT2D eigenvalue weighted by Crippen LogP contribution is -2.37. The van der Waals surface area contributed by atoms with Gasteiger partial charge in [-0.1, -0.05) is 328 Å². The van der Waals surface area contributed by atoms with Crippen molar-refractivity contribution >= 4 is 11.7 Å². The summed E-state index contributed by atoms with van der Waals surface area (Å²) in [6.45, 7) is 4.64. The standard InChI is InChI=1S/C66H129NO3/c1-3-5-7-9-11-13-15-17-32-36-40-44-48-52-56-60-65(69)61-57-53-49-45-41-37-33-30-28-26-24-22-20-19-21-23-25-27-29-31-34-38-42-46-50-54-58-62-66(70)67-64(63-68)59-55-51-47-43-39-35-18-16-14-12-10-8-6-4-2/h17,32,64,68H,3-16,18-31,33-63H2,1-2H3,(H,67,70)/b32-17-/t64-/m0/s1. The first-order valence-corrected chi connectivity index (χ1v) is 32.7. The second kappa shape index (κ2) is 62.1. The molecule has 0 aliphatic carbocycles. The van der Waals surface area contributed by atoms with E-state index in [0.29, 0.717) is 12.2 Å². The molecule has 0 aromatic rings. The molecule has 2 N–H and O–H groups in total. The van der Waals surface area contributed by atoms with Crippen molar-refractivity contribution in [3.05, 3.63) is 12.2 Å². The SMILES string of the molecule is CCCCCCCC/C=C\CCCCCCCC(=O)CCCCCCCCCCCCCCCCCCCCCCCCCCCCCC(=O)N[C@H](CO)CCCCCCCCCCCCCCCC. The number of amides is 1. The van der Waals surface area contributed by atoms with Gasteiger partial charge in [-0.05, 0) is 51.4 Å². The van der Waals surface area contributed by atoms with Crippen LogP contribution in [0.3, 0.4) is 0 Å². The lowest BCUT2D eigenvalue weighted by Gasteiger charge is -2.16. The first kappa shape index (κ1) is 68.8. The van der Waals surface area contributed by atoms with Crippen molar-refractivity contribution in [1.29, 1.82) is 0 Å². The van der Waals surface area contributed by atoms with Crippen molar-refractivity contribution in [2.75, 3.05) is 6.61 Å². The Morgan fingerprint density at radius 3 is 0.814 bits per heavy atom. The molecular weight excluding hydrogens is 855 g/mol. The largest absolute Gasteiger partial charge is 0.394 e. The highest BCUT2D eigenvalue weighted by atomic mass is 16.3. The van der Waals surface area contributed by atoms with Crippen molar-refractivity contribution in [3.8, 4) is 0 Å². The zero-order chi connectivity index (χ0) is 50.6. The van der Waals surface area contributed by atoms with Gasteiger partial charge in [0, 0.05) is 19.3 Å². The summed E-state index contributed by atoms with van der Waals surface area (Å²) in [5, 5.41) is 12.9. The van der Waals surface area contributed by atoms with Crippen LogP contribution in [-0.2, 0) is 9.59 Å². The summed E-state index contributed by atoms with van der Waals surface area (Å²) in [6.07, 6.45) is 80.8. The van der Waals surface area contributed by atoms with Crippen molar-refractivity contribution in [2.24, 2.45) is 0 Å². The third-order valence-electron chi connectivity index (χ3n) is 15.6. The van der Waals surface area contributed by atoms with E-state index in [2.05, 4.69) is 31.3 Å². The van der Waals surface area contributed by atoms with Gasteiger partial charge in [0.1, 0.15) is 5.78 Å². The summed E-state index contributed by atoms with van der Waals surface area (Å²) in [5.74, 6) is 0.648. The molecule has 0 saturated carbocycles. The third kappa shape index (κ3) is 59.4. The Morgan fingerprint density at radius 1 is 0.314 bits per heavy atom. The average molecular weight is 985 g/mol. The number of hydrogen-bond donors (Lipinski definition) is 2. The maximum absolute atomic E-state index is 12.4. The highest BCUT2D eigenvalue weighted by Gasteiger charge is 2.11. The van der Waals surface area contributed by atoms with Crippen molar-refractivity contribution in [1.82, 2.24) is 5.32 Å². The molecule has 0 saturated heterocycles. The van der Waals surface area contributed by atoms with Crippen LogP contribution in [0, 0.1) is 0 Å². The Morgan fingerprint density at radius 2 is 0.543 bits per heavy atom. The number of aliphatic hydroxyl groups excluding tert-OH is 1. The Hall–Kier alpha value is -1.16. The Bertz CT molecular complexity index is 1020. The second-order valence-corrected chi connectivity index (χ2v) is 22.8. The molecule has 70 heavy (non-hydrogen) atoms. The van der Waals surface area contributed by atoms with Crippen molar-refractivity contribution < 1.29 is 14.7 Å². The average Bonchev–Trinajstić information content (AvgIpc) is 3.36. The molecule has 0 aliphatic rings. The number of hydrogen-bond acceptors (Lipinski definition) is 3. The third-order valence-corrected chi connectivity index (χ3v) is 15.6. The number of carbonyl (C=O) groups excluding carboxylic acids is 2. The molecule has 0 aliphatic heterocycles. The van der Waals surface area contributed by atoms with Gasteiger partial charge in [-0.2, -0.15) is 0 Å². The lowest BCUT2D eigenvalue weighted by molar-refractivity contribution is -0.122. The van der Waals surface area contributed by atoms with Gasteiger partial charge in [0.05, 0.1) is 12.6 Å². The molecule has 1 atom stereocenters. The molecule has 0 radical (unpaired) electrons. The fraction of sp³-hybridized carbons (Fsp3) is 0.939. The summed E-state index contributed by atoms with van der Waals surface area (Å²) in [6, 6.07) is -0.0593. The van der Waals surface area contributed by atoms with E-state index in [4.69, 9.17) is 0 Å². The number of nitrogens with one attached hydrogen (secondary N) is 1. The predicted octanol–water partition coefficient (Wildman–Crippen LogP) is 22.3. The first-order valence-electron chi connectivity index (χ1n) is 32.7. The maximum Gasteiger partial charge on any atom is 0.220 e. The minimum absolute atomic E-state index is 0.0593. The number of carbonyl (C=O) groups is 2. The summed E-state index contributed by atoms with van der Waals surface area (Å²) < 4.78 is 0. The molecule has 1 amide bonds. The van der Waals surface area contributed by atoms with E-state index in [9.17, 15) is 14.7 Å². The number of aliphatic hydroxyl groups is 1. The minimum atomic E-state index is -0.0593. The molecule has 0 bridgehead atoms. The highest BCUT2D eigenvalue weighted by molar-refractivity contribution is 5.78. The summed E-state index contributed by atoms with van der Waals surface area (Å²) in [5.41, 5.74) is 0. The van der Waals surface area contributed by atoms with Gasteiger partial charge < -0.3 is 10.4 Å². The molecule has 0 heterocycles. The Balaban J connectivity index is 3.28. The molecule has 4 nitrogen and oxygen atoms in total. The number of rotatable bonds is 62. The quantitative estimate of drug-likeness (QED) is 0.0471. The topological polar surface area (TPSA) is 66.4 Å². The van der Waals surface area contributed by atoms with Gasteiger partial charge in [0.15, 0.2) is 0 Å². The van der Waals surface area contributed by atoms with E-state index < -0.39 is 0 Å². The molecule has 0 fully saturated rings. The lowest BCUT2D eigenvalue weighted by atomic mass is 10.0. The number of Topliss-reactive ketones (excluding diaryl/α,β-unsaturated/α-hetero) is 1. The highest BCUT2D eigenvalue weighted by Crippen LogP contribution is 2.19. The molecule has 0 rings (SSSR count). The fourth-order valence-corrected chi connectivity index (χ4v) is 10.6. The molecule has 0 unspecified atom stereocenters. The normalized spacial score (nSPS) is 12.2. The van der Waals surface area contributed by atoms with Crippen LogP contribution in [0.5, 0.6) is 0 Å². The van der Waals surface area contributed by atoms with Crippen LogP contribution < -0.4 is 5.32 Å². The van der Waals surface area contributed by atoms with E-state index in [0.717, 1.165) is 51.4 Å². The summed E-state index contributed by atoms with van der Waals surface area (Å²) in [7, 11) is 0. The van der Waals surface area contributed by atoms with Gasteiger partial charge >= 0.3 is 0 Å². The van der Waals surface area contributed by atoms with E-state index >= 15 is 0 Å². The molecule has 0 aromatic carbocycles. The number of ketones is 1. The molecule has 0 spiro atoms. The fourth-order valence-electron chi connectivity index (χ4n) is 10.6. The monoisotopic (exact) mass is 984 g/mol. The van der Waals surface area contributed by atoms with E-state index in [1.807, 2.05) is 0 Å². The van der Waals surface area contributed by atoms with Gasteiger partial charge in [-0.25, -0.2) is 0 Å². The van der Waals surface area contributed by atoms with Crippen molar-refractivity contribution in [2.45, 2.75) is 392 Å². The Labute approximate surface area is 440 Å². The second-order valence-electron chi connectivity index (χ2n) is 22.8. The number of unbranched alkanes of at least 4 members (excludes halogenated alkanes) is 50. The van der Waals surface area contributed by atoms with Gasteiger partial charge in [-0.3, -0.25) is 9.59 Å². The number of allylic oxidation sites excluding steroid dienone is 2. The van der Waals surface area contributed by atoms with Crippen LogP contribution in [0.25, 0.3) is 0 Å². The predicted molar refractivity (Wildman–Crippen MR) is 312 cm³/mol. The van der Waals surface area contributed by atoms with Crippen LogP contribution >= 0.6 is 0 Å². The molecule has 416 valence electrons. The van der Waals surface area contributed by atoms with E-state index in [1.165, 1.54) is 315 Å². The molecule has 0 aromatic heterocycles. The van der Waals surface area contributed by atoms with Crippen LogP contribution in [0.15, 0.2) is 12.2 Å². The van der Waals surface area contributed by atoms with Crippen molar-refractivity contribution in [3.63, 3.8) is 0 Å². The first-order chi connectivity index (χ1) is 34.6. The van der Waals surface area contributed by atoms with Crippen LogP contribution in [0.4, 0.5) is 0 Å². The van der Waals surface area contributed by atoms with E-state index in [1.54, 1.807) is 0 Å². The van der Waals surface area contributed by atoms with Gasteiger partial charge in [0.25, 0.3) is 0 Å². The van der Waals surface area contributed by atoms with Gasteiger partial charge in [-0.15, -0.1) is 0 Å². The van der Waals surface area contributed by atoms with E-state index in [-0.39, 0.29) is 18.6 Å². The smallest absolute Gasteiger partial charge is 0.220 e. The zero-order valence-corrected chi connectivity index (χ0v) is 48.2. The summed E-state index contributed by atoms with van der Waals surface area (Å²) in [4.78, 5) is 24.7. The Kier molecular flexibility index (Phi) is 61.1. The summed E-state index contributed by atoms with van der Waals surface area (Å²) >= 11 is 0. The van der Waals surface area contributed by atoms with Crippen LogP contribution in [-0.4, -0.2) is 29.4 Å². The zero-order valence-electron chi connectivity index (χ0n) is 48.2. The maximum atomic E-state index is 12.4. The molecule has 4 heteroatoms. The van der Waals surface area contributed by atoms with Crippen LogP contribution in [0.2, 0.25) is 0 Å².